The summed E-state index contributed by atoms with van der Waals surface area (Å²) in [5.74, 6) is 1.98. The van der Waals surface area contributed by atoms with Crippen molar-refractivity contribution in [2.45, 2.75) is 19.8 Å². The quantitative estimate of drug-likeness (QED) is 0.853. The zero-order chi connectivity index (χ0) is 17.2. The molecule has 2 fully saturated rings. The van der Waals surface area contributed by atoms with Crippen LogP contribution in [0.3, 0.4) is 0 Å². The van der Waals surface area contributed by atoms with Crippen LogP contribution in [0.5, 0.6) is 0 Å². The number of aromatic nitrogens is 3. The third-order valence-electron chi connectivity index (χ3n) is 4.86. The molecule has 2 aliphatic rings. The van der Waals surface area contributed by atoms with Gasteiger partial charge in [0.15, 0.2) is 11.6 Å². The van der Waals surface area contributed by atoms with E-state index in [-0.39, 0.29) is 5.82 Å². The fraction of sp³-hybridized carbons (Fsp3) is 0.500. The van der Waals surface area contributed by atoms with Crippen LogP contribution >= 0.6 is 0 Å². The number of rotatable bonds is 3. The normalized spacial score (nSPS) is 18.1. The van der Waals surface area contributed by atoms with Gasteiger partial charge in [-0.15, -0.1) is 0 Å². The molecule has 4 rings (SSSR count). The fourth-order valence-corrected chi connectivity index (χ4v) is 3.51. The van der Waals surface area contributed by atoms with Crippen LogP contribution in [0.2, 0.25) is 0 Å². The van der Waals surface area contributed by atoms with E-state index < -0.39 is 0 Å². The van der Waals surface area contributed by atoms with Gasteiger partial charge in [0.25, 0.3) is 0 Å². The van der Waals surface area contributed by atoms with Gasteiger partial charge in [0, 0.05) is 57.2 Å². The average Bonchev–Trinajstić information content (AvgIpc) is 3.17. The molecule has 2 aliphatic heterocycles. The molecule has 0 saturated carbocycles. The van der Waals surface area contributed by atoms with E-state index in [1.54, 1.807) is 12.3 Å². The van der Waals surface area contributed by atoms with Gasteiger partial charge < -0.3 is 14.7 Å². The first-order chi connectivity index (χ1) is 12.2. The lowest BCUT2D eigenvalue weighted by Crippen LogP contribution is -2.47. The first-order valence-corrected chi connectivity index (χ1v) is 8.92. The Morgan fingerprint density at radius 3 is 2.36 bits per heavy atom. The summed E-state index contributed by atoms with van der Waals surface area (Å²) in [7, 11) is 0. The van der Waals surface area contributed by atoms with Gasteiger partial charge in [-0.05, 0) is 31.9 Å². The van der Waals surface area contributed by atoms with Crippen molar-refractivity contribution in [3.8, 4) is 0 Å². The molecule has 0 spiro atoms. The topological polar surface area (TPSA) is 48.4 Å². The predicted octanol–water partition coefficient (Wildman–Crippen LogP) is 2.25. The van der Waals surface area contributed by atoms with Crippen molar-refractivity contribution in [2.75, 3.05) is 54.0 Å². The molecule has 0 N–H and O–H groups in total. The summed E-state index contributed by atoms with van der Waals surface area (Å²) in [5.41, 5.74) is 0.991. The molecule has 25 heavy (non-hydrogen) atoms. The molecule has 132 valence electrons. The number of hydrogen-bond donors (Lipinski definition) is 0. The summed E-state index contributed by atoms with van der Waals surface area (Å²) < 4.78 is 13.9. The highest BCUT2D eigenvalue weighted by Crippen LogP contribution is 2.23. The Kier molecular flexibility index (Phi) is 4.38. The van der Waals surface area contributed by atoms with Crippen molar-refractivity contribution in [3.05, 3.63) is 35.9 Å². The zero-order valence-electron chi connectivity index (χ0n) is 14.5. The van der Waals surface area contributed by atoms with Crippen molar-refractivity contribution in [1.82, 2.24) is 15.0 Å². The van der Waals surface area contributed by atoms with Crippen LogP contribution in [-0.4, -0.2) is 54.2 Å². The number of hydrogen-bond acceptors (Lipinski definition) is 6. The van der Waals surface area contributed by atoms with E-state index in [1.807, 2.05) is 11.8 Å². The fourth-order valence-electron chi connectivity index (χ4n) is 3.51. The smallest absolute Gasteiger partial charge is 0.227 e. The minimum Gasteiger partial charge on any atom is -0.356 e. The number of anilines is 3. The first-order valence-electron chi connectivity index (χ1n) is 8.92. The Balaban J connectivity index is 1.48. The van der Waals surface area contributed by atoms with Crippen LogP contribution < -0.4 is 14.7 Å². The van der Waals surface area contributed by atoms with Crippen molar-refractivity contribution in [2.24, 2.45) is 0 Å². The summed E-state index contributed by atoms with van der Waals surface area (Å²) >= 11 is 0. The van der Waals surface area contributed by atoms with Gasteiger partial charge in [-0.1, -0.05) is 0 Å². The van der Waals surface area contributed by atoms with Crippen molar-refractivity contribution < 1.29 is 4.39 Å². The third kappa shape index (κ3) is 3.36. The van der Waals surface area contributed by atoms with Gasteiger partial charge in [0.1, 0.15) is 5.82 Å². The predicted molar refractivity (Wildman–Crippen MR) is 96.8 cm³/mol. The molecule has 2 saturated heterocycles. The molecule has 0 aliphatic carbocycles. The van der Waals surface area contributed by atoms with Crippen LogP contribution in [0.15, 0.2) is 24.4 Å². The van der Waals surface area contributed by atoms with Crippen LogP contribution in [0.25, 0.3) is 0 Å². The van der Waals surface area contributed by atoms with E-state index in [4.69, 9.17) is 4.98 Å². The first kappa shape index (κ1) is 16.1. The second kappa shape index (κ2) is 6.82. The highest BCUT2D eigenvalue weighted by molar-refractivity contribution is 5.48. The maximum atomic E-state index is 13.9. The molecule has 0 unspecified atom stereocenters. The second-order valence-electron chi connectivity index (χ2n) is 6.64. The summed E-state index contributed by atoms with van der Waals surface area (Å²) in [5, 5.41) is 0. The molecular formula is C18H23FN6. The maximum absolute atomic E-state index is 13.9. The number of piperazine rings is 1. The molecule has 0 amide bonds. The van der Waals surface area contributed by atoms with Crippen molar-refractivity contribution in [1.29, 1.82) is 0 Å². The molecule has 4 heterocycles. The molecule has 0 atom stereocenters. The standard InChI is InChI=1S/C18H23FN6/c1-14-13-16(23-7-2-3-8-23)22-18(21-14)25-11-9-24(10-12-25)17-15(19)5-4-6-20-17/h4-6,13H,2-3,7-12H2,1H3. The average molecular weight is 342 g/mol. The van der Waals surface area contributed by atoms with Crippen LogP contribution in [-0.2, 0) is 0 Å². The molecule has 2 aromatic rings. The monoisotopic (exact) mass is 342 g/mol. The lowest BCUT2D eigenvalue weighted by atomic mass is 10.3. The van der Waals surface area contributed by atoms with Gasteiger partial charge >= 0.3 is 0 Å². The number of halogens is 1. The lowest BCUT2D eigenvalue weighted by molar-refractivity contribution is 0.584. The number of nitrogens with zero attached hydrogens (tertiary/aromatic N) is 6. The number of pyridine rings is 1. The molecule has 6 nitrogen and oxygen atoms in total. The van der Waals surface area contributed by atoms with Crippen molar-refractivity contribution >= 4 is 17.6 Å². The number of aryl methyl sites for hydroxylation is 1. The SMILES string of the molecule is Cc1cc(N2CCCC2)nc(N2CCN(c3ncccc3F)CC2)n1. The third-order valence-corrected chi connectivity index (χ3v) is 4.86. The Labute approximate surface area is 147 Å². The van der Waals surface area contributed by atoms with E-state index in [9.17, 15) is 4.39 Å². The van der Waals surface area contributed by atoms with Crippen LogP contribution in [0.1, 0.15) is 18.5 Å². The summed E-state index contributed by atoms with van der Waals surface area (Å²) in [6.07, 6.45) is 4.09. The Hall–Kier alpha value is -2.44. The molecule has 2 aromatic heterocycles. The minimum atomic E-state index is -0.265. The molecule has 7 heteroatoms. The van der Waals surface area contributed by atoms with Gasteiger partial charge in [-0.2, -0.15) is 4.98 Å². The highest BCUT2D eigenvalue weighted by atomic mass is 19.1. The van der Waals surface area contributed by atoms with Gasteiger partial charge in [0.2, 0.25) is 5.95 Å². The minimum absolute atomic E-state index is 0.265. The molecule has 0 radical (unpaired) electrons. The van der Waals surface area contributed by atoms with Gasteiger partial charge in [-0.25, -0.2) is 14.4 Å². The van der Waals surface area contributed by atoms with Crippen LogP contribution in [0, 0.1) is 12.7 Å². The Morgan fingerprint density at radius 1 is 0.920 bits per heavy atom. The van der Waals surface area contributed by atoms with Gasteiger partial charge in [0.05, 0.1) is 0 Å². The van der Waals surface area contributed by atoms with E-state index >= 15 is 0 Å². The van der Waals surface area contributed by atoms with Crippen molar-refractivity contribution in [3.63, 3.8) is 0 Å². The zero-order valence-corrected chi connectivity index (χ0v) is 14.5. The van der Waals surface area contributed by atoms with E-state index in [0.29, 0.717) is 18.9 Å². The maximum Gasteiger partial charge on any atom is 0.227 e. The Bertz CT molecular complexity index is 738. The summed E-state index contributed by atoms with van der Waals surface area (Å²) in [4.78, 5) is 20.1. The van der Waals surface area contributed by atoms with E-state index in [2.05, 4.69) is 25.8 Å². The largest absolute Gasteiger partial charge is 0.356 e. The van der Waals surface area contributed by atoms with E-state index in [1.165, 1.54) is 18.9 Å². The second-order valence-corrected chi connectivity index (χ2v) is 6.64. The van der Waals surface area contributed by atoms with Crippen LogP contribution in [0.4, 0.5) is 22.0 Å². The molecular weight excluding hydrogens is 319 g/mol. The molecule has 0 aromatic carbocycles. The highest BCUT2D eigenvalue weighted by Gasteiger charge is 2.23. The lowest BCUT2D eigenvalue weighted by Gasteiger charge is -2.35. The Morgan fingerprint density at radius 2 is 1.64 bits per heavy atom. The van der Waals surface area contributed by atoms with Gasteiger partial charge in [-0.3, -0.25) is 0 Å². The van der Waals surface area contributed by atoms with E-state index in [0.717, 1.165) is 43.6 Å². The summed E-state index contributed by atoms with van der Waals surface area (Å²) in [6.45, 7) is 7.11. The molecule has 0 bridgehead atoms. The summed E-state index contributed by atoms with van der Waals surface area (Å²) in [6, 6.07) is 5.14.